The van der Waals surface area contributed by atoms with Gasteiger partial charge in [-0.25, -0.2) is 4.39 Å². The van der Waals surface area contributed by atoms with E-state index in [0.29, 0.717) is 5.56 Å². The quantitative estimate of drug-likeness (QED) is 0.807. The lowest BCUT2D eigenvalue weighted by Crippen LogP contribution is -2.38. The minimum Gasteiger partial charge on any atom is -0.507 e. The number of fused-ring (bicyclic) bond motifs is 1. The molecule has 0 saturated carbocycles. The number of aliphatic hydroxyl groups excluding tert-OH is 1. The van der Waals surface area contributed by atoms with Crippen molar-refractivity contribution in [1.29, 1.82) is 0 Å². The van der Waals surface area contributed by atoms with Gasteiger partial charge in [0.25, 0.3) is 0 Å². The third-order valence-electron chi connectivity index (χ3n) is 4.43. The van der Waals surface area contributed by atoms with Crippen LogP contribution in [0.3, 0.4) is 0 Å². The molecule has 0 saturated heterocycles. The maximum Gasteiger partial charge on any atom is 0.169 e. The summed E-state index contributed by atoms with van der Waals surface area (Å²) < 4.78 is 13.5. The fourth-order valence-electron chi connectivity index (χ4n) is 3.22. The van der Waals surface area contributed by atoms with E-state index in [1.807, 2.05) is 0 Å². The molecule has 3 heteroatoms. The van der Waals surface area contributed by atoms with Crippen molar-refractivity contribution in [2.24, 2.45) is 0 Å². The molecule has 0 spiro atoms. The average Bonchev–Trinajstić information content (AvgIpc) is 2.47. The van der Waals surface area contributed by atoms with Crippen molar-refractivity contribution in [3.63, 3.8) is 0 Å². The second-order valence-electron chi connectivity index (χ2n) is 5.87. The lowest BCUT2D eigenvalue weighted by atomic mass is 9.65. The molecule has 114 valence electrons. The lowest BCUT2D eigenvalue weighted by molar-refractivity contribution is -0.120. The monoisotopic (exact) mass is 290 g/mol. The lowest BCUT2D eigenvalue weighted by Gasteiger charge is -2.36. The van der Waals surface area contributed by atoms with E-state index in [1.54, 1.807) is 6.07 Å². The molecule has 0 aromatic heterocycles. The minimum atomic E-state index is -0.596. The van der Waals surface area contributed by atoms with Crippen LogP contribution in [0.15, 0.2) is 24.3 Å². The Bertz CT molecular complexity index is 552. The average molecular weight is 290 g/mol. The third-order valence-corrected chi connectivity index (χ3v) is 4.43. The number of halogens is 1. The highest BCUT2D eigenvalue weighted by molar-refractivity contribution is 6.06. The number of hydrogen-bond donors (Lipinski definition) is 1. The number of ketones is 1. The fourth-order valence-corrected chi connectivity index (χ4v) is 3.22. The Balaban J connectivity index is 2.55. The van der Waals surface area contributed by atoms with Crippen molar-refractivity contribution in [2.45, 2.75) is 57.8 Å². The summed E-state index contributed by atoms with van der Waals surface area (Å²) in [6, 6.07) is 4.40. The van der Waals surface area contributed by atoms with Gasteiger partial charge in [-0.15, -0.1) is 0 Å². The van der Waals surface area contributed by atoms with Crippen molar-refractivity contribution >= 4 is 11.5 Å². The Hall–Kier alpha value is -1.64. The summed E-state index contributed by atoms with van der Waals surface area (Å²) in [5, 5.41) is 10.0. The van der Waals surface area contributed by atoms with E-state index in [0.717, 1.165) is 44.1 Å². The molecule has 1 aliphatic rings. The van der Waals surface area contributed by atoms with E-state index < -0.39 is 5.41 Å². The Morgan fingerprint density at radius 3 is 2.33 bits per heavy atom. The molecule has 1 N–H and O–H groups in total. The van der Waals surface area contributed by atoms with Crippen molar-refractivity contribution in [1.82, 2.24) is 0 Å². The van der Waals surface area contributed by atoms with Crippen LogP contribution in [-0.4, -0.2) is 10.9 Å². The van der Waals surface area contributed by atoms with Crippen LogP contribution in [0, 0.1) is 5.82 Å². The highest BCUT2D eigenvalue weighted by Gasteiger charge is 2.42. The van der Waals surface area contributed by atoms with E-state index in [9.17, 15) is 14.3 Å². The Kier molecular flexibility index (Phi) is 4.81. The van der Waals surface area contributed by atoms with Crippen molar-refractivity contribution < 1.29 is 14.3 Å². The molecule has 0 heterocycles. The van der Waals surface area contributed by atoms with Gasteiger partial charge in [0.05, 0.1) is 5.41 Å². The van der Waals surface area contributed by atoms with Crippen molar-refractivity contribution in [2.75, 3.05) is 0 Å². The van der Waals surface area contributed by atoms with Crippen molar-refractivity contribution in [3.05, 3.63) is 41.2 Å². The highest BCUT2D eigenvalue weighted by atomic mass is 19.1. The number of allylic oxidation sites excluding steroid dienone is 1. The summed E-state index contributed by atoms with van der Waals surface area (Å²) in [4.78, 5) is 12.7. The summed E-state index contributed by atoms with van der Waals surface area (Å²) in [7, 11) is 0. The van der Waals surface area contributed by atoms with Crippen LogP contribution in [-0.2, 0) is 10.2 Å². The summed E-state index contributed by atoms with van der Waals surface area (Å²) in [6.45, 7) is 4.19. The second-order valence-corrected chi connectivity index (χ2v) is 5.87. The van der Waals surface area contributed by atoms with Crippen LogP contribution in [0.2, 0.25) is 0 Å². The number of carbonyl (C=O) groups is 1. The molecule has 0 fully saturated rings. The zero-order chi connectivity index (χ0) is 15.5. The molecule has 0 bridgehead atoms. The van der Waals surface area contributed by atoms with Crippen molar-refractivity contribution in [3.8, 4) is 0 Å². The van der Waals surface area contributed by atoms with Gasteiger partial charge < -0.3 is 5.11 Å². The van der Waals surface area contributed by atoms with Gasteiger partial charge >= 0.3 is 0 Å². The van der Waals surface area contributed by atoms with Gasteiger partial charge in [0.1, 0.15) is 11.6 Å². The Morgan fingerprint density at radius 1 is 1.14 bits per heavy atom. The van der Waals surface area contributed by atoms with E-state index >= 15 is 0 Å². The first-order chi connectivity index (χ1) is 10.0. The van der Waals surface area contributed by atoms with E-state index in [2.05, 4.69) is 13.8 Å². The first kappa shape index (κ1) is 15.7. The van der Waals surface area contributed by atoms with Crippen LogP contribution in [0.5, 0.6) is 0 Å². The van der Waals surface area contributed by atoms with E-state index in [-0.39, 0.29) is 17.4 Å². The Morgan fingerprint density at radius 2 is 1.76 bits per heavy atom. The highest BCUT2D eigenvalue weighted by Crippen LogP contribution is 2.43. The van der Waals surface area contributed by atoms with Gasteiger partial charge in [-0.2, -0.15) is 0 Å². The standard InChI is InChI=1S/C18H23FO2/c1-3-5-9-18(10-6-4-2)15-8-7-13(19)11-14(15)16(20)12-17(18)21/h7-8,11-12,20H,3-6,9-10H2,1-2H3. The molecular formula is C18H23FO2. The SMILES string of the molecule is CCCCC1(CCCC)C(=O)C=C(O)c2cc(F)ccc21. The summed E-state index contributed by atoms with van der Waals surface area (Å²) >= 11 is 0. The predicted octanol–water partition coefficient (Wildman–Crippen LogP) is 4.93. The molecule has 0 atom stereocenters. The van der Waals surface area contributed by atoms with Crippen LogP contribution < -0.4 is 0 Å². The molecule has 1 aromatic rings. The maximum absolute atomic E-state index is 13.5. The minimum absolute atomic E-state index is 0.0407. The van der Waals surface area contributed by atoms with Crippen LogP contribution >= 0.6 is 0 Å². The molecule has 1 aliphatic carbocycles. The second kappa shape index (κ2) is 6.42. The smallest absolute Gasteiger partial charge is 0.169 e. The number of carbonyl (C=O) groups excluding carboxylic acids is 1. The molecule has 2 nitrogen and oxygen atoms in total. The number of aliphatic hydroxyl groups is 1. The van der Waals surface area contributed by atoms with Gasteiger partial charge in [0, 0.05) is 11.6 Å². The molecule has 21 heavy (non-hydrogen) atoms. The predicted molar refractivity (Wildman–Crippen MR) is 82.7 cm³/mol. The molecule has 1 aromatic carbocycles. The number of rotatable bonds is 6. The molecule has 2 rings (SSSR count). The van der Waals surface area contributed by atoms with E-state index in [1.165, 1.54) is 18.2 Å². The summed E-state index contributed by atoms with van der Waals surface area (Å²) in [5.74, 6) is -0.540. The Labute approximate surface area is 125 Å². The summed E-state index contributed by atoms with van der Waals surface area (Å²) in [5.41, 5.74) is 0.666. The van der Waals surface area contributed by atoms with Crippen LogP contribution in [0.1, 0.15) is 63.5 Å². The maximum atomic E-state index is 13.5. The zero-order valence-electron chi connectivity index (χ0n) is 12.8. The molecule has 0 amide bonds. The first-order valence-electron chi connectivity index (χ1n) is 7.80. The van der Waals surface area contributed by atoms with Gasteiger partial charge in [0.2, 0.25) is 0 Å². The molecular weight excluding hydrogens is 267 g/mol. The summed E-state index contributed by atoms with van der Waals surface area (Å²) in [6.07, 6.45) is 6.70. The van der Waals surface area contributed by atoms with Gasteiger partial charge in [-0.1, -0.05) is 45.6 Å². The zero-order valence-corrected chi connectivity index (χ0v) is 12.8. The topological polar surface area (TPSA) is 37.3 Å². The van der Waals surface area contributed by atoms with Crippen LogP contribution in [0.4, 0.5) is 4.39 Å². The molecule has 0 unspecified atom stereocenters. The normalized spacial score (nSPS) is 16.5. The third kappa shape index (κ3) is 2.87. The fraction of sp³-hybridized carbons (Fsp3) is 0.500. The van der Waals surface area contributed by atoms with E-state index in [4.69, 9.17) is 0 Å². The first-order valence-corrected chi connectivity index (χ1v) is 7.80. The van der Waals surface area contributed by atoms with Crippen LogP contribution in [0.25, 0.3) is 5.76 Å². The number of unbranched alkanes of at least 4 members (excludes halogenated alkanes) is 2. The van der Waals surface area contributed by atoms with Gasteiger partial charge in [0.15, 0.2) is 5.78 Å². The van der Waals surface area contributed by atoms with Gasteiger partial charge in [-0.05, 0) is 30.5 Å². The largest absolute Gasteiger partial charge is 0.507 e. The van der Waals surface area contributed by atoms with Gasteiger partial charge in [-0.3, -0.25) is 4.79 Å². The number of hydrogen-bond acceptors (Lipinski definition) is 2. The number of benzene rings is 1. The molecule has 0 radical (unpaired) electrons. The molecule has 0 aliphatic heterocycles.